The Morgan fingerprint density at radius 2 is 1.86 bits per heavy atom. The summed E-state index contributed by atoms with van der Waals surface area (Å²) in [6.45, 7) is 3.27. The molecule has 0 saturated carbocycles. The number of methoxy groups -OCH3 is 1. The molecule has 6 nitrogen and oxygen atoms in total. The van der Waals surface area contributed by atoms with Gasteiger partial charge in [0.2, 0.25) is 0 Å². The first-order valence-corrected chi connectivity index (χ1v) is 6.92. The van der Waals surface area contributed by atoms with Crippen LogP contribution in [-0.4, -0.2) is 45.5 Å². The Balaban J connectivity index is 2.15. The number of carbonyl (C=O) groups excluding carboxylic acids is 1. The molecule has 0 fully saturated rings. The van der Waals surface area contributed by atoms with E-state index in [1.165, 1.54) is 0 Å². The number of benzene rings is 1. The highest BCUT2D eigenvalue weighted by atomic mass is 35.5. The van der Waals surface area contributed by atoms with Crippen LogP contribution in [0.2, 0.25) is 5.02 Å². The lowest BCUT2D eigenvalue weighted by Crippen LogP contribution is -2.37. The topological polar surface area (TPSA) is 66.0 Å². The fourth-order valence-electron chi connectivity index (χ4n) is 1.32. The van der Waals surface area contributed by atoms with Crippen molar-refractivity contribution in [2.75, 3.05) is 33.5 Å². The molecule has 1 aromatic carbocycles. The van der Waals surface area contributed by atoms with Gasteiger partial charge in [-0.25, -0.2) is 5.48 Å². The lowest BCUT2D eigenvalue weighted by atomic mass is 10.3. The number of hydroxylamine groups is 1. The van der Waals surface area contributed by atoms with E-state index < -0.39 is 6.10 Å². The van der Waals surface area contributed by atoms with Crippen molar-refractivity contribution < 1.29 is 23.8 Å². The minimum absolute atomic E-state index is 0.253. The van der Waals surface area contributed by atoms with Crippen molar-refractivity contribution in [3.8, 4) is 5.75 Å². The molecular formula is C14H20ClNO5. The zero-order chi connectivity index (χ0) is 15.5. The van der Waals surface area contributed by atoms with Gasteiger partial charge in [-0.1, -0.05) is 11.6 Å². The largest absolute Gasteiger partial charge is 0.481 e. The molecule has 0 aliphatic carbocycles. The number of hydrogen-bond acceptors (Lipinski definition) is 5. The van der Waals surface area contributed by atoms with Gasteiger partial charge in [-0.05, 0) is 31.2 Å². The average Bonchev–Trinajstić information content (AvgIpc) is 2.48. The number of nitrogens with one attached hydrogen (secondary N) is 1. The molecule has 0 spiro atoms. The molecule has 0 aliphatic heterocycles. The fraction of sp³-hybridized carbons (Fsp3) is 0.500. The number of hydrogen-bond donors (Lipinski definition) is 1. The first-order valence-electron chi connectivity index (χ1n) is 6.54. The molecule has 0 aliphatic rings. The number of ether oxygens (including phenoxy) is 3. The van der Waals surface area contributed by atoms with E-state index in [9.17, 15) is 4.79 Å². The number of amides is 1. The molecule has 0 bridgehead atoms. The molecule has 1 atom stereocenters. The first kappa shape index (κ1) is 17.7. The maximum atomic E-state index is 11.7. The molecule has 0 aromatic heterocycles. The van der Waals surface area contributed by atoms with Crippen LogP contribution in [0.25, 0.3) is 0 Å². The van der Waals surface area contributed by atoms with Crippen molar-refractivity contribution >= 4 is 17.5 Å². The second kappa shape index (κ2) is 10.4. The molecule has 1 N–H and O–H groups in total. The molecular weight excluding hydrogens is 298 g/mol. The van der Waals surface area contributed by atoms with Crippen LogP contribution < -0.4 is 10.2 Å². The first-order chi connectivity index (χ1) is 10.1. The Bertz CT molecular complexity index is 412. The van der Waals surface area contributed by atoms with Crippen LogP contribution in [-0.2, 0) is 19.1 Å². The number of carbonyl (C=O) groups is 1. The minimum Gasteiger partial charge on any atom is -0.481 e. The van der Waals surface area contributed by atoms with E-state index in [0.29, 0.717) is 30.6 Å². The molecule has 1 aromatic rings. The predicted octanol–water partition coefficient (Wildman–Crippen LogP) is 1.82. The van der Waals surface area contributed by atoms with Crippen LogP contribution in [0.15, 0.2) is 24.3 Å². The third-order valence-electron chi connectivity index (χ3n) is 2.43. The van der Waals surface area contributed by atoms with Gasteiger partial charge in [-0.3, -0.25) is 9.63 Å². The Hall–Kier alpha value is -1.34. The smallest absolute Gasteiger partial charge is 0.284 e. The van der Waals surface area contributed by atoms with E-state index in [4.69, 9.17) is 30.6 Å². The molecule has 1 rings (SSSR count). The highest BCUT2D eigenvalue weighted by molar-refractivity contribution is 6.30. The summed E-state index contributed by atoms with van der Waals surface area (Å²) >= 11 is 5.77. The van der Waals surface area contributed by atoms with Crippen molar-refractivity contribution in [2.24, 2.45) is 0 Å². The standard InChI is InChI=1S/C14H20ClNO5/c1-11(21-13-5-3-12(15)4-6-13)14(17)16-20-10-9-19-8-7-18-2/h3-6,11H,7-10H2,1-2H3,(H,16,17). The van der Waals surface area contributed by atoms with Gasteiger partial charge in [0.15, 0.2) is 6.10 Å². The zero-order valence-electron chi connectivity index (χ0n) is 12.1. The molecule has 7 heteroatoms. The predicted molar refractivity (Wildman–Crippen MR) is 78.3 cm³/mol. The Morgan fingerprint density at radius 3 is 2.52 bits per heavy atom. The van der Waals surface area contributed by atoms with E-state index in [1.807, 2.05) is 0 Å². The van der Waals surface area contributed by atoms with E-state index in [2.05, 4.69) is 5.48 Å². The van der Waals surface area contributed by atoms with Gasteiger partial charge in [0.1, 0.15) is 5.75 Å². The number of rotatable bonds is 10. The van der Waals surface area contributed by atoms with E-state index in [1.54, 1.807) is 38.3 Å². The van der Waals surface area contributed by atoms with E-state index in [0.717, 1.165) is 0 Å². The van der Waals surface area contributed by atoms with Crippen LogP contribution in [0.3, 0.4) is 0 Å². The summed E-state index contributed by atoms with van der Waals surface area (Å²) in [6, 6.07) is 6.76. The maximum Gasteiger partial charge on any atom is 0.284 e. The third-order valence-corrected chi connectivity index (χ3v) is 2.68. The van der Waals surface area contributed by atoms with Crippen molar-refractivity contribution in [1.29, 1.82) is 0 Å². The Morgan fingerprint density at radius 1 is 1.19 bits per heavy atom. The quantitative estimate of drug-likeness (QED) is 0.527. The summed E-state index contributed by atoms with van der Waals surface area (Å²) in [4.78, 5) is 16.7. The summed E-state index contributed by atoms with van der Waals surface area (Å²) in [5, 5.41) is 0.608. The van der Waals surface area contributed by atoms with Crippen molar-refractivity contribution in [3.63, 3.8) is 0 Å². The summed E-state index contributed by atoms with van der Waals surface area (Å²) in [5.74, 6) is 0.187. The van der Waals surface area contributed by atoms with Crippen LogP contribution in [0, 0.1) is 0 Å². The third kappa shape index (κ3) is 7.87. The summed E-state index contributed by atoms with van der Waals surface area (Å²) in [5.41, 5.74) is 2.30. The molecule has 118 valence electrons. The van der Waals surface area contributed by atoms with Crippen LogP contribution in [0.1, 0.15) is 6.92 Å². The minimum atomic E-state index is -0.680. The highest BCUT2D eigenvalue weighted by Gasteiger charge is 2.14. The van der Waals surface area contributed by atoms with Crippen LogP contribution in [0.4, 0.5) is 0 Å². The van der Waals surface area contributed by atoms with Gasteiger partial charge in [-0.15, -0.1) is 0 Å². The SMILES string of the molecule is COCCOCCONC(=O)C(C)Oc1ccc(Cl)cc1. The zero-order valence-corrected chi connectivity index (χ0v) is 12.9. The summed E-state index contributed by atoms with van der Waals surface area (Å²) < 4.78 is 15.4. The van der Waals surface area contributed by atoms with Crippen molar-refractivity contribution in [3.05, 3.63) is 29.3 Å². The lowest BCUT2D eigenvalue weighted by Gasteiger charge is -2.14. The molecule has 0 heterocycles. The average molecular weight is 318 g/mol. The Kier molecular flexibility index (Phi) is 8.77. The van der Waals surface area contributed by atoms with Gasteiger partial charge in [-0.2, -0.15) is 0 Å². The molecule has 21 heavy (non-hydrogen) atoms. The summed E-state index contributed by atoms with van der Waals surface area (Å²) in [6.07, 6.45) is -0.680. The van der Waals surface area contributed by atoms with Gasteiger partial charge >= 0.3 is 0 Å². The summed E-state index contributed by atoms with van der Waals surface area (Å²) in [7, 11) is 1.60. The second-order valence-corrected chi connectivity index (χ2v) is 4.57. The normalized spacial score (nSPS) is 12.0. The Labute approximate surface area is 129 Å². The van der Waals surface area contributed by atoms with E-state index >= 15 is 0 Å². The maximum absolute atomic E-state index is 11.7. The van der Waals surface area contributed by atoms with Gasteiger partial charge in [0.25, 0.3) is 5.91 Å². The van der Waals surface area contributed by atoms with E-state index in [-0.39, 0.29) is 12.5 Å². The number of halogens is 1. The molecule has 0 saturated heterocycles. The van der Waals surface area contributed by atoms with Crippen LogP contribution >= 0.6 is 11.6 Å². The van der Waals surface area contributed by atoms with Crippen molar-refractivity contribution in [1.82, 2.24) is 5.48 Å². The second-order valence-electron chi connectivity index (χ2n) is 4.13. The van der Waals surface area contributed by atoms with Gasteiger partial charge in [0.05, 0.1) is 26.4 Å². The van der Waals surface area contributed by atoms with Crippen molar-refractivity contribution in [2.45, 2.75) is 13.0 Å². The molecule has 1 amide bonds. The lowest BCUT2D eigenvalue weighted by molar-refractivity contribution is -0.141. The highest BCUT2D eigenvalue weighted by Crippen LogP contribution is 2.16. The monoisotopic (exact) mass is 317 g/mol. The van der Waals surface area contributed by atoms with Crippen LogP contribution in [0.5, 0.6) is 5.75 Å². The molecule has 1 unspecified atom stereocenters. The van der Waals surface area contributed by atoms with Gasteiger partial charge in [0, 0.05) is 12.1 Å². The fourth-order valence-corrected chi connectivity index (χ4v) is 1.45. The molecule has 0 radical (unpaired) electrons. The van der Waals surface area contributed by atoms with Gasteiger partial charge < -0.3 is 14.2 Å².